The summed E-state index contributed by atoms with van der Waals surface area (Å²) in [6.07, 6.45) is 2.46. The van der Waals surface area contributed by atoms with Gasteiger partial charge in [-0.1, -0.05) is 31.1 Å². The van der Waals surface area contributed by atoms with E-state index in [1.807, 2.05) is 49.1 Å². The first-order chi connectivity index (χ1) is 14.6. The molecule has 4 heterocycles. The van der Waals surface area contributed by atoms with Crippen LogP contribution in [0, 0.1) is 0 Å². The number of carbonyl (C=O) groups excluding carboxylic acids is 1. The first kappa shape index (κ1) is 18.6. The SMILES string of the molecule is CC(C)c1noc2ncc(C(=O)N3CCCN(c4nc5ccccc5[nH]4)CC3)cc12. The molecule has 3 aromatic heterocycles. The van der Waals surface area contributed by atoms with Crippen LogP contribution in [0.1, 0.15) is 42.2 Å². The number of pyridine rings is 1. The minimum Gasteiger partial charge on any atom is -0.341 e. The summed E-state index contributed by atoms with van der Waals surface area (Å²) in [7, 11) is 0. The number of H-pyrrole nitrogens is 1. The molecule has 1 saturated heterocycles. The zero-order chi connectivity index (χ0) is 20.7. The molecule has 1 fully saturated rings. The Hall–Kier alpha value is -3.42. The fourth-order valence-electron chi connectivity index (χ4n) is 3.99. The number of para-hydroxylation sites is 2. The average molecular weight is 404 g/mol. The summed E-state index contributed by atoms with van der Waals surface area (Å²) in [6.45, 7) is 7.01. The van der Waals surface area contributed by atoms with Crippen molar-refractivity contribution in [3.05, 3.63) is 47.8 Å². The van der Waals surface area contributed by atoms with Gasteiger partial charge in [-0.05, 0) is 30.5 Å². The van der Waals surface area contributed by atoms with Crippen molar-refractivity contribution in [2.75, 3.05) is 31.1 Å². The number of benzene rings is 1. The van der Waals surface area contributed by atoms with Crippen molar-refractivity contribution in [2.24, 2.45) is 0 Å². The largest absolute Gasteiger partial charge is 0.341 e. The quantitative estimate of drug-likeness (QED) is 0.561. The van der Waals surface area contributed by atoms with E-state index < -0.39 is 0 Å². The van der Waals surface area contributed by atoms with Gasteiger partial charge in [0.25, 0.3) is 11.6 Å². The fourth-order valence-corrected chi connectivity index (χ4v) is 3.99. The van der Waals surface area contributed by atoms with Gasteiger partial charge in [-0.15, -0.1) is 0 Å². The minimum absolute atomic E-state index is 0.00763. The molecule has 0 radical (unpaired) electrons. The van der Waals surface area contributed by atoms with Gasteiger partial charge < -0.3 is 19.3 Å². The number of imidazole rings is 1. The molecule has 1 amide bonds. The molecule has 154 valence electrons. The van der Waals surface area contributed by atoms with Gasteiger partial charge in [0.15, 0.2) is 0 Å². The number of rotatable bonds is 3. The standard InChI is InChI=1S/C22H24N6O2/c1-14(2)19-16-12-15(13-23-20(16)30-26-19)21(29)27-8-5-9-28(11-10-27)22-24-17-6-3-4-7-18(17)25-22/h3-4,6-7,12-14H,5,8-11H2,1-2H3,(H,24,25). The van der Waals surface area contributed by atoms with Gasteiger partial charge in [0, 0.05) is 32.4 Å². The summed E-state index contributed by atoms with van der Waals surface area (Å²) < 4.78 is 5.30. The molecule has 1 aromatic carbocycles. The average Bonchev–Trinajstić information content (AvgIpc) is 3.29. The Morgan fingerprint density at radius 1 is 1.17 bits per heavy atom. The smallest absolute Gasteiger partial charge is 0.257 e. The number of hydrogen-bond acceptors (Lipinski definition) is 6. The predicted molar refractivity (Wildman–Crippen MR) is 115 cm³/mol. The topological polar surface area (TPSA) is 91.2 Å². The first-order valence-electron chi connectivity index (χ1n) is 10.3. The van der Waals surface area contributed by atoms with Gasteiger partial charge in [0.05, 0.1) is 27.7 Å². The van der Waals surface area contributed by atoms with Crippen LogP contribution >= 0.6 is 0 Å². The van der Waals surface area contributed by atoms with E-state index in [9.17, 15) is 4.79 Å². The molecule has 4 aromatic rings. The summed E-state index contributed by atoms with van der Waals surface area (Å²) in [5.74, 6) is 1.06. The Kier molecular flexibility index (Phi) is 4.61. The van der Waals surface area contributed by atoms with Crippen LogP contribution in [0.5, 0.6) is 0 Å². The zero-order valence-electron chi connectivity index (χ0n) is 17.1. The van der Waals surface area contributed by atoms with Crippen LogP contribution in [0.4, 0.5) is 5.95 Å². The van der Waals surface area contributed by atoms with E-state index in [2.05, 4.69) is 20.0 Å². The minimum atomic E-state index is -0.00763. The first-order valence-corrected chi connectivity index (χ1v) is 10.3. The van der Waals surface area contributed by atoms with Crippen molar-refractivity contribution in [3.8, 4) is 0 Å². The number of anilines is 1. The van der Waals surface area contributed by atoms with Gasteiger partial charge in [-0.3, -0.25) is 4.79 Å². The van der Waals surface area contributed by atoms with Crippen molar-refractivity contribution in [2.45, 2.75) is 26.2 Å². The molecule has 5 rings (SSSR count). The maximum Gasteiger partial charge on any atom is 0.257 e. The summed E-state index contributed by atoms with van der Waals surface area (Å²) in [6, 6.07) is 9.87. The number of fused-ring (bicyclic) bond motifs is 2. The third kappa shape index (κ3) is 3.28. The van der Waals surface area contributed by atoms with Crippen LogP contribution in [0.25, 0.3) is 22.1 Å². The summed E-state index contributed by atoms with van der Waals surface area (Å²) in [5, 5.41) is 4.92. The van der Waals surface area contributed by atoms with Crippen LogP contribution in [0.2, 0.25) is 0 Å². The van der Waals surface area contributed by atoms with E-state index in [4.69, 9.17) is 9.51 Å². The molecule has 30 heavy (non-hydrogen) atoms. The second-order valence-corrected chi connectivity index (χ2v) is 8.01. The van der Waals surface area contributed by atoms with Crippen molar-refractivity contribution in [1.29, 1.82) is 0 Å². The lowest BCUT2D eigenvalue weighted by Gasteiger charge is -2.21. The van der Waals surface area contributed by atoms with E-state index in [0.29, 0.717) is 24.4 Å². The molecule has 0 unspecified atom stereocenters. The van der Waals surface area contributed by atoms with Gasteiger partial charge in [0.2, 0.25) is 5.95 Å². The van der Waals surface area contributed by atoms with Gasteiger partial charge >= 0.3 is 0 Å². The molecule has 0 aliphatic carbocycles. The molecule has 1 N–H and O–H groups in total. The second kappa shape index (κ2) is 7.44. The van der Waals surface area contributed by atoms with E-state index in [-0.39, 0.29) is 11.8 Å². The summed E-state index contributed by atoms with van der Waals surface area (Å²) in [5.41, 5.74) is 3.86. The Morgan fingerprint density at radius 3 is 2.87 bits per heavy atom. The van der Waals surface area contributed by atoms with E-state index in [1.54, 1.807) is 6.20 Å². The number of aromatic nitrogens is 4. The summed E-state index contributed by atoms with van der Waals surface area (Å²) in [4.78, 5) is 29.7. The van der Waals surface area contributed by atoms with E-state index in [1.165, 1.54) is 0 Å². The second-order valence-electron chi connectivity index (χ2n) is 8.01. The highest BCUT2D eigenvalue weighted by Gasteiger charge is 2.23. The molecule has 0 saturated carbocycles. The number of nitrogens with zero attached hydrogens (tertiary/aromatic N) is 5. The molecule has 8 heteroatoms. The van der Waals surface area contributed by atoms with E-state index >= 15 is 0 Å². The maximum absolute atomic E-state index is 13.2. The van der Waals surface area contributed by atoms with Crippen molar-refractivity contribution >= 4 is 34.0 Å². The Morgan fingerprint density at radius 2 is 2.03 bits per heavy atom. The molecule has 0 atom stereocenters. The molecular formula is C22H24N6O2. The maximum atomic E-state index is 13.2. The number of carbonyl (C=O) groups is 1. The Bertz CT molecular complexity index is 1180. The lowest BCUT2D eigenvalue weighted by atomic mass is 10.1. The van der Waals surface area contributed by atoms with Crippen LogP contribution in [0.3, 0.4) is 0 Å². The van der Waals surface area contributed by atoms with Crippen molar-refractivity contribution < 1.29 is 9.32 Å². The van der Waals surface area contributed by atoms with Crippen molar-refractivity contribution in [3.63, 3.8) is 0 Å². The van der Waals surface area contributed by atoms with Crippen LogP contribution < -0.4 is 4.90 Å². The number of aromatic amines is 1. The molecule has 1 aliphatic heterocycles. The lowest BCUT2D eigenvalue weighted by molar-refractivity contribution is 0.0766. The predicted octanol–water partition coefficient (Wildman–Crippen LogP) is 3.58. The van der Waals surface area contributed by atoms with Crippen LogP contribution in [-0.2, 0) is 0 Å². The monoisotopic (exact) mass is 404 g/mol. The highest BCUT2D eigenvalue weighted by atomic mass is 16.5. The third-order valence-electron chi connectivity index (χ3n) is 5.61. The molecular weight excluding hydrogens is 380 g/mol. The van der Waals surface area contributed by atoms with Gasteiger partial charge in [-0.2, -0.15) is 0 Å². The van der Waals surface area contributed by atoms with Gasteiger partial charge in [0.1, 0.15) is 0 Å². The number of nitrogens with one attached hydrogen (secondary N) is 1. The fraction of sp³-hybridized carbons (Fsp3) is 0.364. The summed E-state index contributed by atoms with van der Waals surface area (Å²) >= 11 is 0. The van der Waals surface area contributed by atoms with Crippen LogP contribution in [0.15, 0.2) is 41.1 Å². The molecule has 0 bridgehead atoms. The number of hydrogen-bond donors (Lipinski definition) is 1. The normalized spacial score (nSPS) is 15.3. The molecule has 1 aliphatic rings. The lowest BCUT2D eigenvalue weighted by Crippen LogP contribution is -2.35. The Balaban J connectivity index is 1.34. The van der Waals surface area contributed by atoms with E-state index in [0.717, 1.165) is 47.6 Å². The van der Waals surface area contributed by atoms with Gasteiger partial charge in [-0.25, -0.2) is 9.97 Å². The zero-order valence-corrected chi connectivity index (χ0v) is 17.1. The van der Waals surface area contributed by atoms with Crippen molar-refractivity contribution in [1.82, 2.24) is 25.0 Å². The Labute approximate surface area is 173 Å². The third-order valence-corrected chi connectivity index (χ3v) is 5.61. The number of amides is 1. The molecule has 0 spiro atoms. The highest BCUT2D eigenvalue weighted by Crippen LogP contribution is 2.25. The molecule has 8 nitrogen and oxygen atoms in total. The van der Waals surface area contributed by atoms with Crippen LogP contribution in [-0.4, -0.2) is 57.1 Å². The highest BCUT2D eigenvalue weighted by molar-refractivity contribution is 5.97.